The predicted octanol–water partition coefficient (Wildman–Crippen LogP) is 2.53. The summed E-state index contributed by atoms with van der Waals surface area (Å²) in [7, 11) is 0. The SMILES string of the molecule is On1ccccc1=S.On1ccccc1=S.[Ba+2]. The maximum Gasteiger partial charge on any atom is 2.00 e. The molecule has 2 heterocycles. The normalized spacial score (nSPS) is 8.47. The van der Waals surface area contributed by atoms with Crippen LogP contribution in [0, 0.1) is 9.28 Å². The molecule has 0 bridgehead atoms. The Morgan fingerprint density at radius 1 is 0.765 bits per heavy atom. The summed E-state index contributed by atoms with van der Waals surface area (Å²) in [6.45, 7) is 0. The van der Waals surface area contributed by atoms with E-state index in [0.29, 0.717) is 9.28 Å². The minimum Gasteiger partial charge on any atom is -0.428 e. The second-order valence-corrected chi connectivity index (χ2v) is 3.60. The molecule has 7 heteroatoms. The van der Waals surface area contributed by atoms with Gasteiger partial charge in [0.2, 0.25) is 0 Å². The Labute approximate surface area is 149 Å². The second-order valence-electron chi connectivity index (χ2n) is 2.77. The third kappa shape index (κ3) is 6.41. The van der Waals surface area contributed by atoms with Crippen LogP contribution in [0.1, 0.15) is 0 Å². The van der Waals surface area contributed by atoms with E-state index in [0.717, 1.165) is 9.46 Å². The fourth-order valence-electron chi connectivity index (χ4n) is 0.838. The Kier molecular flexibility index (Phi) is 8.88. The number of pyridine rings is 2. The zero-order chi connectivity index (χ0) is 12.0. The fraction of sp³-hybridized carbons (Fsp3) is 0. The second kappa shape index (κ2) is 8.92. The topological polar surface area (TPSA) is 50.3 Å². The molecular formula is C10H10BaN2O2S2+2. The smallest absolute Gasteiger partial charge is 0.428 e. The summed E-state index contributed by atoms with van der Waals surface area (Å²) in [6, 6.07) is 10.3. The third-order valence-electron chi connectivity index (χ3n) is 1.61. The molecule has 2 aromatic heterocycles. The molecule has 0 saturated carbocycles. The fourth-order valence-corrected chi connectivity index (χ4v) is 1.12. The zero-order valence-corrected chi connectivity index (χ0v) is 15.0. The number of rotatable bonds is 0. The molecule has 84 valence electrons. The van der Waals surface area contributed by atoms with Gasteiger partial charge in [0.05, 0.1) is 0 Å². The van der Waals surface area contributed by atoms with E-state index in [9.17, 15) is 0 Å². The molecule has 17 heavy (non-hydrogen) atoms. The van der Waals surface area contributed by atoms with Gasteiger partial charge in [0.25, 0.3) is 0 Å². The van der Waals surface area contributed by atoms with Gasteiger partial charge in [0.1, 0.15) is 9.28 Å². The van der Waals surface area contributed by atoms with Crippen LogP contribution < -0.4 is 0 Å². The van der Waals surface area contributed by atoms with Crippen molar-refractivity contribution in [3.05, 3.63) is 58.1 Å². The van der Waals surface area contributed by atoms with Gasteiger partial charge in [-0.05, 0) is 24.3 Å². The van der Waals surface area contributed by atoms with Crippen molar-refractivity contribution in [3.63, 3.8) is 0 Å². The van der Waals surface area contributed by atoms with Crippen LogP contribution in [0.3, 0.4) is 0 Å². The van der Waals surface area contributed by atoms with Crippen LogP contribution in [0.15, 0.2) is 48.8 Å². The molecule has 2 aromatic rings. The number of nitrogens with zero attached hydrogens (tertiary/aromatic N) is 2. The summed E-state index contributed by atoms with van der Waals surface area (Å²) in [5, 5.41) is 17.5. The maximum absolute atomic E-state index is 8.73. The first-order chi connectivity index (χ1) is 7.61. The summed E-state index contributed by atoms with van der Waals surface area (Å²) in [5.74, 6) is 0. The molecule has 0 saturated heterocycles. The molecule has 0 amide bonds. The van der Waals surface area contributed by atoms with E-state index in [4.69, 9.17) is 10.4 Å². The first-order valence-corrected chi connectivity index (χ1v) is 5.17. The third-order valence-corrected chi connectivity index (χ3v) is 2.25. The van der Waals surface area contributed by atoms with Crippen molar-refractivity contribution in [2.45, 2.75) is 0 Å². The van der Waals surface area contributed by atoms with Gasteiger partial charge in [0.15, 0.2) is 0 Å². The molecule has 0 aliphatic heterocycles. The van der Waals surface area contributed by atoms with E-state index in [1.165, 1.54) is 12.4 Å². The van der Waals surface area contributed by atoms with Gasteiger partial charge in [-0.3, -0.25) is 0 Å². The van der Waals surface area contributed by atoms with Gasteiger partial charge in [-0.2, -0.15) is 9.46 Å². The monoisotopic (exact) mass is 392 g/mol. The van der Waals surface area contributed by atoms with E-state index < -0.39 is 0 Å². The number of hydrogen-bond donors (Lipinski definition) is 2. The van der Waals surface area contributed by atoms with Gasteiger partial charge in [-0.1, -0.05) is 36.6 Å². The van der Waals surface area contributed by atoms with Gasteiger partial charge >= 0.3 is 48.9 Å². The van der Waals surface area contributed by atoms with E-state index in [2.05, 4.69) is 24.4 Å². The number of aromatic nitrogens is 2. The first kappa shape index (κ1) is 16.9. The van der Waals surface area contributed by atoms with Crippen molar-refractivity contribution in [2.75, 3.05) is 0 Å². The Morgan fingerprint density at radius 3 is 1.29 bits per heavy atom. The van der Waals surface area contributed by atoms with E-state index >= 15 is 0 Å². The summed E-state index contributed by atoms with van der Waals surface area (Å²) in [5.41, 5.74) is 0. The van der Waals surface area contributed by atoms with Crippen molar-refractivity contribution in [1.29, 1.82) is 0 Å². The molecule has 0 aliphatic carbocycles. The standard InChI is InChI=1S/2C5H5NOS.Ba/c2*7-6-4-2-1-3-5(6)8;/h2*1-4,7H;/q;;+2. The molecule has 0 aliphatic rings. The Bertz CT molecular complexity index is 517. The van der Waals surface area contributed by atoms with E-state index in [1.807, 2.05) is 0 Å². The van der Waals surface area contributed by atoms with Crippen LogP contribution in [-0.2, 0) is 0 Å². The number of hydrogen-bond acceptors (Lipinski definition) is 4. The minimum absolute atomic E-state index is 0. The van der Waals surface area contributed by atoms with Crippen molar-refractivity contribution < 1.29 is 10.4 Å². The molecular weight excluding hydrogens is 382 g/mol. The molecule has 0 spiro atoms. The van der Waals surface area contributed by atoms with Crippen LogP contribution in [-0.4, -0.2) is 68.8 Å². The molecule has 2 rings (SSSR count). The van der Waals surface area contributed by atoms with Crippen LogP contribution in [0.4, 0.5) is 0 Å². The van der Waals surface area contributed by atoms with Gasteiger partial charge in [0, 0.05) is 12.4 Å². The van der Waals surface area contributed by atoms with E-state index in [-0.39, 0.29) is 48.9 Å². The average molecular weight is 392 g/mol. The van der Waals surface area contributed by atoms with Gasteiger partial charge in [-0.25, -0.2) is 0 Å². The Hall–Kier alpha value is -0.0886. The molecule has 2 N–H and O–H groups in total. The Morgan fingerprint density at radius 2 is 1.12 bits per heavy atom. The molecule has 4 nitrogen and oxygen atoms in total. The van der Waals surface area contributed by atoms with Crippen LogP contribution in [0.25, 0.3) is 0 Å². The van der Waals surface area contributed by atoms with Crippen LogP contribution in [0.2, 0.25) is 0 Å². The summed E-state index contributed by atoms with van der Waals surface area (Å²) < 4.78 is 2.64. The van der Waals surface area contributed by atoms with Crippen molar-refractivity contribution in [1.82, 2.24) is 9.46 Å². The molecule has 0 atom stereocenters. The van der Waals surface area contributed by atoms with Gasteiger partial charge < -0.3 is 10.4 Å². The van der Waals surface area contributed by atoms with E-state index in [1.54, 1.807) is 36.4 Å². The molecule has 0 unspecified atom stereocenters. The predicted molar refractivity (Wildman–Crippen MR) is 70.7 cm³/mol. The van der Waals surface area contributed by atoms with Crippen molar-refractivity contribution in [2.24, 2.45) is 0 Å². The zero-order valence-electron chi connectivity index (χ0n) is 8.93. The Balaban J connectivity index is 0.000000284. The van der Waals surface area contributed by atoms with Gasteiger partial charge in [-0.15, -0.1) is 0 Å². The summed E-state index contributed by atoms with van der Waals surface area (Å²) >= 11 is 9.33. The summed E-state index contributed by atoms with van der Waals surface area (Å²) in [4.78, 5) is 0. The maximum atomic E-state index is 8.73. The van der Waals surface area contributed by atoms with Crippen molar-refractivity contribution in [3.8, 4) is 0 Å². The average Bonchev–Trinajstić information content (AvgIpc) is 2.28. The quantitative estimate of drug-likeness (QED) is 0.412. The molecule has 0 fully saturated rings. The van der Waals surface area contributed by atoms with Crippen LogP contribution >= 0.6 is 24.4 Å². The molecule has 0 radical (unpaired) electrons. The molecule has 0 aromatic carbocycles. The minimum atomic E-state index is 0. The van der Waals surface area contributed by atoms with Crippen molar-refractivity contribution >= 4 is 73.3 Å². The first-order valence-electron chi connectivity index (χ1n) is 4.35. The largest absolute Gasteiger partial charge is 2.00 e. The van der Waals surface area contributed by atoms with Crippen LogP contribution in [0.5, 0.6) is 0 Å². The summed E-state index contributed by atoms with van der Waals surface area (Å²) in [6.07, 6.45) is 2.98.